The number of nitrogens with zero attached hydrogens (tertiary/aromatic N) is 1. The van der Waals surface area contributed by atoms with E-state index in [0.717, 1.165) is 11.0 Å². The number of rotatable bonds is 5. The standard InChI is InChI=1S/C15H19BrN2S/c1-11(2)18(10-14-4-3-7-19-14)15-6-5-13(16)8-12(15)9-17/h3-8,11H,9-10,17H2,1-2H3. The quantitative estimate of drug-likeness (QED) is 0.876. The van der Waals surface area contributed by atoms with Crippen LogP contribution in [0.25, 0.3) is 0 Å². The SMILES string of the molecule is CC(C)N(Cc1cccs1)c1ccc(Br)cc1CN. The van der Waals surface area contributed by atoms with Gasteiger partial charge in [0.05, 0.1) is 6.54 Å². The molecule has 0 fully saturated rings. The first-order valence-corrected chi connectivity index (χ1v) is 8.06. The number of thiophene rings is 1. The van der Waals surface area contributed by atoms with Crippen LogP contribution in [0.15, 0.2) is 40.2 Å². The Balaban J connectivity index is 2.33. The Kier molecular flexibility index (Phi) is 5.02. The lowest BCUT2D eigenvalue weighted by Crippen LogP contribution is -2.31. The zero-order valence-electron chi connectivity index (χ0n) is 11.3. The van der Waals surface area contributed by atoms with Crippen molar-refractivity contribution < 1.29 is 0 Å². The minimum Gasteiger partial charge on any atom is -0.364 e. The predicted octanol–water partition coefficient (Wildman–Crippen LogP) is 4.38. The largest absolute Gasteiger partial charge is 0.364 e. The molecule has 0 saturated carbocycles. The summed E-state index contributed by atoms with van der Waals surface area (Å²) in [5.41, 5.74) is 8.30. The van der Waals surface area contributed by atoms with Gasteiger partial charge >= 0.3 is 0 Å². The molecule has 2 nitrogen and oxygen atoms in total. The Bertz CT molecular complexity index is 523. The molecular weight excluding hydrogens is 320 g/mol. The average molecular weight is 339 g/mol. The molecule has 2 rings (SSSR count). The molecule has 0 amide bonds. The van der Waals surface area contributed by atoms with Crippen LogP contribution in [0.3, 0.4) is 0 Å². The van der Waals surface area contributed by atoms with Crippen LogP contribution in [0.1, 0.15) is 24.3 Å². The van der Waals surface area contributed by atoms with E-state index in [1.165, 1.54) is 16.1 Å². The van der Waals surface area contributed by atoms with Crippen LogP contribution in [-0.4, -0.2) is 6.04 Å². The second kappa shape index (κ2) is 6.55. The van der Waals surface area contributed by atoms with E-state index in [2.05, 4.69) is 70.4 Å². The lowest BCUT2D eigenvalue weighted by molar-refractivity contribution is 0.683. The number of hydrogen-bond acceptors (Lipinski definition) is 3. The maximum Gasteiger partial charge on any atom is 0.0525 e. The number of hydrogen-bond donors (Lipinski definition) is 1. The fourth-order valence-corrected chi connectivity index (χ4v) is 3.23. The van der Waals surface area contributed by atoms with E-state index in [-0.39, 0.29) is 0 Å². The highest BCUT2D eigenvalue weighted by atomic mass is 79.9. The van der Waals surface area contributed by atoms with Gasteiger partial charge in [-0.2, -0.15) is 0 Å². The molecule has 0 bridgehead atoms. The summed E-state index contributed by atoms with van der Waals surface area (Å²) in [4.78, 5) is 3.78. The van der Waals surface area contributed by atoms with E-state index in [4.69, 9.17) is 5.73 Å². The van der Waals surface area contributed by atoms with Crippen molar-refractivity contribution in [1.29, 1.82) is 0 Å². The van der Waals surface area contributed by atoms with E-state index >= 15 is 0 Å². The van der Waals surface area contributed by atoms with Crippen molar-refractivity contribution in [3.63, 3.8) is 0 Å². The molecule has 2 aromatic rings. The molecule has 0 radical (unpaired) electrons. The fourth-order valence-electron chi connectivity index (χ4n) is 2.11. The third kappa shape index (κ3) is 3.59. The van der Waals surface area contributed by atoms with E-state index in [0.29, 0.717) is 12.6 Å². The summed E-state index contributed by atoms with van der Waals surface area (Å²) in [7, 11) is 0. The monoisotopic (exact) mass is 338 g/mol. The Morgan fingerprint density at radius 3 is 2.68 bits per heavy atom. The molecule has 0 aliphatic heterocycles. The van der Waals surface area contributed by atoms with Crippen LogP contribution >= 0.6 is 27.3 Å². The first kappa shape index (κ1) is 14.6. The van der Waals surface area contributed by atoms with Gasteiger partial charge in [0.25, 0.3) is 0 Å². The lowest BCUT2D eigenvalue weighted by atomic mass is 10.1. The summed E-state index contributed by atoms with van der Waals surface area (Å²) < 4.78 is 1.08. The zero-order valence-corrected chi connectivity index (χ0v) is 13.7. The molecule has 0 atom stereocenters. The number of halogens is 1. The van der Waals surface area contributed by atoms with Gasteiger partial charge in [0, 0.05) is 27.6 Å². The molecule has 1 aromatic heterocycles. The molecule has 19 heavy (non-hydrogen) atoms. The van der Waals surface area contributed by atoms with Crippen LogP contribution in [0.5, 0.6) is 0 Å². The minimum absolute atomic E-state index is 0.438. The van der Waals surface area contributed by atoms with E-state index in [9.17, 15) is 0 Å². The molecule has 4 heteroatoms. The third-order valence-corrected chi connectivity index (χ3v) is 4.45. The Morgan fingerprint density at radius 1 is 1.32 bits per heavy atom. The van der Waals surface area contributed by atoms with Gasteiger partial charge in [0.15, 0.2) is 0 Å². The van der Waals surface area contributed by atoms with Gasteiger partial charge < -0.3 is 10.6 Å². The summed E-state index contributed by atoms with van der Waals surface area (Å²) in [6, 6.07) is 11.1. The van der Waals surface area contributed by atoms with Crippen LogP contribution in [0.4, 0.5) is 5.69 Å². The van der Waals surface area contributed by atoms with Crippen LogP contribution in [-0.2, 0) is 13.1 Å². The van der Waals surface area contributed by atoms with E-state index in [1.807, 2.05) is 0 Å². The first-order chi connectivity index (χ1) is 9.11. The minimum atomic E-state index is 0.438. The lowest BCUT2D eigenvalue weighted by Gasteiger charge is -2.30. The van der Waals surface area contributed by atoms with Gasteiger partial charge in [-0.1, -0.05) is 22.0 Å². The van der Waals surface area contributed by atoms with Crippen molar-refractivity contribution in [2.75, 3.05) is 4.90 Å². The van der Waals surface area contributed by atoms with Gasteiger partial charge in [-0.05, 0) is 49.1 Å². The fraction of sp³-hybridized carbons (Fsp3) is 0.333. The number of nitrogens with two attached hydrogens (primary N) is 1. The molecule has 2 N–H and O–H groups in total. The molecule has 1 aromatic carbocycles. The number of benzene rings is 1. The van der Waals surface area contributed by atoms with Crippen molar-refractivity contribution in [3.05, 3.63) is 50.6 Å². The summed E-state index contributed by atoms with van der Waals surface area (Å²) in [6.45, 7) is 5.93. The molecule has 0 spiro atoms. The zero-order chi connectivity index (χ0) is 13.8. The van der Waals surface area contributed by atoms with Crippen LogP contribution in [0, 0.1) is 0 Å². The maximum atomic E-state index is 5.89. The van der Waals surface area contributed by atoms with Crippen molar-refractivity contribution in [2.24, 2.45) is 5.73 Å². The van der Waals surface area contributed by atoms with Gasteiger partial charge in [0.1, 0.15) is 0 Å². The van der Waals surface area contributed by atoms with Crippen molar-refractivity contribution in [2.45, 2.75) is 33.0 Å². The summed E-state index contributed by atoms with van der Waals surface area (Å²) in [6.07, 6.45) is 0. The maximum absolute atomic E-state index is 5.89. The second-order valence-corrected chi connectivity index (χ2v) is 6.73. The topological polar surface area (TPSA) is 29.3 Å². The summed E-state index contributed by atoms with van der Waals surface area (Å²) in [5, 5.41) is 2.12. The van der Waals surface area contributed by atoms with Gasteiger partial charge in [-0.25, -0.2) is 0 Å². The summed E-state index contributed by atoms with van der Waals surface area (Å²) in [5.74, 6) is 0. The molecule has 102 valence electrons. The van der Waals surface area contributed by atoms with Crippen molar-refractivity contribution in [1.82, 2.24) is 0 Å². The third-order valence-electron chi connectivity index (χ3n) is 3.10. The molecule has 0 saturated heterocycles. The smallest absolute Gasteiger partial charge is 0.0525 e. The second-order valence-electron chi connectivity index (χ2n) is 4.78. The Labute approximate surface area is 127 Å². The Morgan fingerprint density at radius 2 is 2.11 bits per heavy atom. The normalized spacial score (nSPS) is 11.0. The van der Waals surface area contributed by atoms with Gasteiger partial charge in [-0.15, -0.1) is 11.3 Å². The highest BCUT2D eigenvalue weighted by Crippen LogP contribution is 2.28. The van der Waals surface area contributed by atoms with E-state index < -0.39 is 0 Å². The van der Waals surface area contributed by atoms with Gasteiger partial charge in [-0.3, -0.25) is 0 Å². The highest BCUT2D eigenvalue weighted by molar-refractivity contribution is 9.10. The average Bonchev–Trinajstić information content (AvgIpc) is 2.89. The molecule has 0 aliphatic carbocycles. The molecule has 0 unspecified atom stereocenters. The van der Waals surface area contributed by atoms with Gasteiger partial charge in [0.2, 0.25) is 0 Å². The van der Waals surface area contributed by atoms with Crippen LogP contribution < -0.4 is 10.6 Å². The van der Waals surface area contributed by atoms with E-state index in [1.54, 1.807) is 11.3 Å². The molecular formula is C15H19BrN2S. The molecule has 1 heterocycles. The Hall–Kier alpha value is -0.840. The van der Waals surface area contributed by atoms with Crippen molar-refractivity contribution in [3.8, 4) is 0 Å². The molecule has 0 aliphatic rings. The predicted molar refractivity (Wildman–Crippen MR) is 87.7 cm³/mol. The number of anilines is 1. The van der Waals surface area contributed by atoms with Crippen molar-refractivity contribution >= 4 is 33.0 Å². The van der Waals surface area contributed by atoms with Crippen LogP contribution in [0.2, 0.25) is 0 Å². The first-order valence-electron chi connectivity index (χ1n) is 6.39. The summed E-state index contributed by atoms with van der Waals surface area (Å²) >= 11 is 5.31. The highest BCUT2D eigenvalue weighted by Gasteiger charge is 2.15.